The summed E-state index contributed by atoms with van der Waals surface area (Å²) in [5, 5.41) is 2.78. The number of hydrogen-bond donors (Lipinski definition) is 1. The van der Waals surface area contributed by atoms with E-state index in [0.717, 1.165) is 18.4 Å². The molecule has 0 aliphatic carbocycles. The molecule has 0 heterocycles. The first-order valence-corrected chi connectivity index (χ1v) is 7.49. The minimum absolute atomic E-state index is 0.228. The molecule has 0 spiro atoms. The maximum Gasteiger partial charge on any atom is 0.260 e. The third kappa shape index (κ3) is 5.70. The molecule has 0 aromatic heterocycles. The Labute approximate surface area is 134 Å². The number of rotatable bonds is 7. The Kier molecular flexibility index (Phi) is 6.09. The molecule has 0 aliphatic heterocycles. The lowest BCUT2D eigenvalue weighted by atomic mass is 10.1. The summed E-state index contributed by atoms with van der Waals surface area (Å²) >= 11 is 0. The maximum atomic E-state index is 12.8. The van der Waals surface area contributed by atoms with Crippen LogP contribution >= 0.6 is 0 Å². The zero-order valence-corrected chi connectivity index (χ0v) is 12.9. The minimum Gasteiger partial charge on any atom is -0.481 e. The first-order chi connectivity index (χ1) is 11.0. The highest BCUT2D eigenvalue weighted by Crippen LogP contribution is 2.13. The Morgan fingerprint density at radius 2 is 1.61 bits per heavy atom. The predicted octanol–water partition coefficient (Wildman–Crippen LogP) is 3.48. The molecule has 1 N–H and O–H groups in total. The summed E-state index contributed by atoms with van der Waals surface area (Å²) in [7, 11) is 0. The van der Waals surface area contributed by atoms with Crippen molar-refractivity contribution in [3.8, 4) is 5.75 Å². The van der Waals surface area contributed by atoms with Gasteiger partial charge in [-0.3, -0.25) is 4.79 Å². The number of halogens is 2. The highest BCUT2D eigenvalue weighted by Gasteiger charge is 2.13. The average Bonchev–Trinajstić information content (AvgIpc) is 2.55. The standard InChI is InChI=1S/C18H19F2NO2/c1-13(23-17-10-8-16(20)9-11-17)18(22)21-12-2-3-14-4-6-15(19)7-5-14/h4-11,13H,2-3,12H2,1H3,(H,21,22)/t13-/m1/s1. The van der Waals surface area contributed by atoms with E-state index >= 15 is 0 Å². The van der Waals surface area contributed by atoms with E-state index in [-0.39, 0.29) is 17.5 Å². The first-order valence-electron chi connectivity index (χ1n) is 7.49. The van der Waals surface area contributed by atoms with Crippen LogP contribution in [0.1, 0.15) is 18.9 Å². The molecule has 0 fully saturated rings. The molecule has 2 rings (SSSR count). The Balaban J connectivity index is 1.69. The van der Waals surface area contributed by atoms with Crippen LogP contribution in [0.3, 0.4) is 0 Å². The van der Waals surface area contributed by atoms with Crippen molar-refractivity contribution in [2.75, 3.05) is 6.54 Å². The normalized spacial score (nSPS) is 11.8. The molecule has 0 aliphatic rings. The smallest absolute Gasteiger partial charge is 0.260 e. The number of amides is 1. The lowest BCUT2D eigenvalue weighted by molar-refractivity contribution is -0.127. The molecule has 2 aromatic carbocycles. The molecule has 5 heteroatoms. The average molecular weight is 319 g/mol. The van der Waals surface area contributed by atoms with Crippen LogP contribution < -0.4 is 10.1 Å². The molecule has 1 amide bonds. The third-order valence-corrected chi connectivity index (χ3v) is 3.35. The van der Waals surface area contributed by atoms with Gasteiger partial charge in [-0.05, 0) is 61.7 Å². The van der Waals surface area contributed by atoms with Gasteiger partial charge in [0, 0.05) is 6.54 Å². The molecule has 122 valence electrons. The molecular weight excluding hydrogens is 300 g/mol. The second-order valence-corrected chi connectivity index (χ2v) is 5.24. The fourth-order valence-electron chi connectivity index (χ4n) is 2.07. The van der Waals surface area contributed by atoms with Crippen molar-refractivity contribution >= 4 is 5.91 Å². The monoisotopic (exact) mass is 319 g/mol. The summed E-state index contributed by atoms with van der Waals surface area (Å²) in [5.74, 6) is -0.391. The molecule has 0 bridgehead atoms. The molecular formula is C18H19F2NO2. The van der Waals surface area contributed by atoms with Gasteiger partial charge in [0.1, 0.15) is 17.4 Å². The van der Waals surface area contributed by atoms with Gasteiger partial charge in [-0.25, -0.2) is 8.78 Å². The van der Waals surface area contributed by atoms with Crippen molar-refractivity contribution in [2.24, 2.45) is 0 Å². The van der Waals surface area contributed by atoms with Crippen LogP contribution in [0.2, 0.25) is 0 Å². The fourth-order valence-corrected chi connectivity index (χ4v) is 2.07. The molecule has 2 aromatic rings. The van der Waals surface area contributed by atoms with E-state index in [1.165, 1.54) is 36.4 Å². The lowest BCUT2D eigenvalue weighted by Gasteiger charge is -2.14. The summed E-state index contributed by atoms with van der Waals surface area (Å²) in [6.45, 7) is 2.14. The van der Waals surface area contributed by atoms with Gasteiger partial charge >= 0.3 is 0 Å². The Hall–Kier alpha value is -2.43. The number of nitrogens with one attached hydrogen (secondary N) is 1. The van der Waals surface area contributed by atoms with Crippen molar-refractivity contribution in [1.29, 1.82) is 0 Å². The second kappa shape index (κ2) is 8.27. The Bertz CT molecular complexity index is 626. The van der Waals surface area contributed by atoms with E-state index in [9.17, 15) is 13.6 Å². The number of benzene rings is 2. The van der Waals surface area contributed by atoms with Gasteiger partial charge in [-0.2, -0.15) is 0 Å². The molecule has 0 saturated heterocycles. The van der Waals surface area contributed by atoms with Gasteiger partial charge < -0.3 is 10.1 Å². The van der Waals surface area contributed by atoms with Crippen LogP contribution in [0.5, 0.6) is 5.75 Å². The Morgan fingerprint density at radius 3 is 2.22 bits per heavy atom. The van der Waals surface area contributed by atoms with Gasteiger partial charge in [-0.1, -0.05) is 12.1 Å². The van der Waals surface area contributed by atoms with Crippen LogP contribution in [0.15, 0.2) is 48.5 Å². The lowest BCUT2D eigenvalue weighted by Crippen LogP contribution is -2.36. The summed E-state index contributed by atoms with van der Waals surface area (Å²) in [5.41, 5.74) is 1.02. The number of carbonyl (C=O) groups is 1. The number of ether oxygens (including phenoxy) is 1. The summed E-state index contributed by atoms with van der Waals surface area (Å²) in [6, 6.07) is 11.8. The highest BCUT2D eigenvalue weighted by atomic mass is 19.1. The number of hydrogen-bond acceptors (Lipinski definition) is 2. The van der Waals surface area contributed by atoms with Crippen LogP contribution in [0, 0.1) is 11.6 Å². The fraction of sp³-hybridized carbons (Fsp3) is 0.278. The van der Waals surface area contributed by atoms with Gasteiger partial charge in [0.25, 0.3) is 5.91 Å². The largest absolute Gasteiger partial charge is 0.481 e. The van der Waals surface area contributed by atoms with Crippen molar-refractivity contribution in [1.82, 2.24) is 5.32 Å². The number of carbonyl (C=O) groups excluding carboxylic acids is 1. The molecule has 3 nitrogen and oxygen atoms in total. The van der Waals surface area contributed by atoms with Crippen LogP contribution in [0.25, 0.3) is 0 Å². The van der Waals surface area contributed by atoms with Gasteiger partial charge in [0.05, 0.1) is 0 Å². The van der Waals surface area contributed by atoms with E-state index in [0.29, 0.717) is 12.3 Å². The van der Waals surface area contributed by atoms with Gasteiger partial charge in [0.2, 0.25) is 0 Å². The van der Waals surface area contributed by atoms with Crippen LogP contribution in [0.4, 0.5) is 8.78 Å². The Morgan fingerprint density at radius 1 is 1.04 bits per heavy atom. The summed E-state index contributed by atoms with van der Waals surface area (Å²) in [6.07, 6.45) is 0.847. The first kappa shape index (κ1) is 16.9. The zero-order chi connectivity index (χ0) is 16.7. The molecule has 0 saturated carbocycles. The number of aryl methyl sites for hydroxylation is 1. The molecule has 0 radical (unpaired) electrons. The quantitative estimate of drug-likeness (QED) is 0.794. The summed E-state index contributed by atoms with van der Waals surface area (Å²) < 4.78 is 31.0. The molecule has 0 unspecified atom stereocenters. The zero-order valence-electron chi connectivity index (χ0n) is 12.9. The van der Waals surface area contributed by atoms with E-state index < -0.39 is 6.10 Å². The minimum atomic E-state index is -0.661. The van der Waals surface area contributed by atoms with Crippen molar-refractivity contribution in [3.05, 3.63) is 65.7 Å². The topological polar surface area (TPSA) is 38.3 Å². The van der Waals surface area contributed by atoms with Crippen LogP contribution in [-0.2, 0) is 11.2 Å². The van der Waals surface area contributed by atoms with E-state index in [2.05, 4.69) is 5.32 Å². The molecule has 23 heavy (non-hydrogen) atoms. The van der Waals surface area contributed by atoms with E-state index in [4.69, 9.17) is 4.74 Å². The SMILES string of the molecule is C[C@@H](Oc1ccc(F)cc1)C(=O)NCCCc1ccc(F)cc1. The van der Waals surface area contributed by atoms with Crippen LogP contribution in [-0.4, -0.2) is 18.6 Å². The van der Waals surface area contributed by atoms with Gasteiger partial charge in [0.15, 0.2) is 6.10 Å². The van der Waals surface area contributed by atoms with E-state index in [1.807, 2.05) is 0 Å². The highest BCUT2D eigenvalue weighted by molar-refractivity contribution is 5.80. The van der Waals surface area contributed by atoms with Crippen molar-refractivity contribution in [2.45, 2.75) is 25.9 Å². The predicted molar refractivity (Wildman–Crippen MR) is 84.2 cm³/mol. The maximum absolute atomic E-state index is 12.8. The summed E-state index contributed by atoms with van der Waals surface area (Å²) in [4.78, 5) is 11.9. The van der Waals surface area contributed by atoms with Gasteiger partial charge in [-0.15, -0.1) is 0 Å². The second-order valence-electron chi connectivity index (χ2n) is 5.24. The van der Waals surface area contributed by atoms with Crippen molar-refractivity contribution in [3.63, 3.8) is 0 Å². The van der Waals surface area contributed by atoms with E-state index in [1.54, 1.807) is 19.1 Å². The molecule has 1 atom stereocenters. The third-order valence-electron chi connectivity index (χ3n) is 3.35. The van der Waals surface area contributed by atoms with Crippen molar-refractivity contribution < 1.29 is 18.3 Å².